The summed E-state index contributed by atoms with van der Waals surface area (Å²) in [6, 6.07) is 18.9. The number of rotatable bonds is 11. The molecule has 38 heavy (non-hydrogen) atoms. The van der Waals surface area contributed by atoms with Crippen molar-refractivity contribution in [1.82, 2.24) is 10.2 Å². The van der Waals surface area contributed by atoms with Gasteiger partial charge in [0.25, 0.3) is 10.0 Å². The predicted molar refractivity (Wildman–Crippen MR) is 149 cm³/mol. The number of anilines is 1. The number of hydrogen-bond donors (Lipinski definition) is 1. The summed E-state index contributed by atoms with van der Waals surface area (Å²) in [6.07, 6.45) is 0. The first-order valence-electron chi connectivity index (χ1n) is 12.1. The second-order valence-electron chi connectivity index (χ2n) is 8.74. The number of methoxy groups -OCH3 is 1. The van der Waals surface area contributed by atoms with Crippen molar-refractivity contribution in [2.45, 2.75) is 38.3 Å². The Morgan fingerprint density at radius 1 is 0.974 bits per heavy atom. The summed E-state index contributed by atoms with van der Waals surface area (Å²) < 4.78 is 33.8. The minimum absolute atomic E-state index is 0.0457. The van der Waals surface area contributed by atoms with E-state index in [1.165, 1.54) is 17.0 Å². The first-order chi connectivity index (χ1) is 18.1. The number of amides is 2. The number of carbonyl (C=O) groups is 2. The van der Waals surface area contributed by atoms with Gasteiger partial charge in [-0.25, -0.2) is 8.42 Å². The van der Waals surface area contributed by atoms with Crippen molar-refractivity contribution in [3.63, 3.8) is 0 Å². The predicted octanol–water partition coefficient (Wildman–Crippen LogP) is 4.41. The van der Waals surface area contributed by atoms with Crippen LogP contribution in [0.5, 0.6) is 5.75 Å². The third-order valence-corrected chi connectivity index (χ3v) is 8.07. The zero-order chi connectivity index (χ0) is 27.9. The number of ether oxygens (including phenoxy) is 1. The molecule has 0 fully saturated rings. The lowest BCUT2D eigenvalue weighted by molar-refractivity contribution is -0.139. The van der Waals surface area contributed by atoms with Gasteiger partial charge in [-0.1, -0.05) is 41.4 Å². The molecule has 1 N–H and O–H groups in total. The van der Waals surface area contributed by atoms with Crippen LogP contribution < -0.4 is 14.4 Å². The van der Waals surface area contributed by atoms with Gasteiger partial charge in [0.1, 0.15) is 18.3 Å². The van der Waals surface area contributed by atoms with E-state index < -0.39 is 28.5 Å². The van der Waals surface area contributed by atoms with E-state index in [1.54, 1.807) is 81.6 Å². The Morgan fingerprint density at radius 2 is 1.58 bits per heavy atom. The van der Waals surface area contributed by atoms with Gasteiger partial charge in [0, 0.05) is 18.1 Å². The van der Waals surface area contributed by atoms with Crippen LogP contribution in [0, 0.1) is 6.92 Å². The van der Waals surface area contributed by atoms with E-state index in [0.29, 0.717) is 17.3 Å². The van der Waals surface area contributed by atoms with Crippen LogP contribution in [-0.4, -0.2) is 51.4 Å². The number of benzene rings is 3. The Labute approximate surface area is 229 Å². The van der Waals surface area contributed by atoms with Crippen LogP contribution in [0.3, 0.4) is 0 Å². The van der Waals surface area contributed by atoms with Crippen molar-refractivity contribution >= 4 is 39.1 Å². The number of aryl methyl sites for hydroxylation is 1. The van der Waals surface area contributed by atoms with Crippen LogP contribution in [0.25, 0.3) is 0 Å². The molecule has 3 aromatic rings. The van der Waals surface area contributed by atoms with Crippen molar-refractivity contribution < 1.29 is 22.7 Å². The SMILES string of the molecule is CCNC(=O)[C@@H](C)N(Cc1ccc(OC)cc1)C(=O)CN(c1ccc(Cl)cc1)S(=O)(=O)c1ccc(C)cc1. The molecule has 0 saturated heterocycles. The number of carbonyl (C=O) groups excluding carboxylic acids is 2. The van der Waals surface area contributed by atoms with Crippen LogP contribution in [-0.2, 0) is 26.2 Å². The number of halogens is 1. The molecule has 0 heterocycles. The minimum atomic E-state index is -4.12. The van der Waals surface area contributed by atoms with Gasteiger partial charge in [0.05, 0.1) is 17.7 Å². The smallest absolute Gasteiger partial charge is 0.264 e. The first-order valence-corrected chi connectivity index (χ1v) is 13.9. The van der Waals surface area contributed by atoms with Gasteiger partial charge in [-0.05, 0) is 74.9 Å². The molecule has 0 radical (unpaired) electrons. The summed E-state index contributed by atoms with van der Waals surface area (Å²) in [5.41, 5.74) is 1.94. The van der Waals surface area contributed by atoms with Gasteiger partial charge < -0.3 is 15.0 Å². The Balaban J connectivity index is 2.01. The fraction of sp³-hybridized carbons (Fsp3) is 0.286. The Kier molecular flexibility index (Phi) is 9.77. The molecule has 0 bridgehead atoms. The van der Waals surface area contributed by atoms with Crippen LogP contribution in [0.4, 0.5) is 5.69 Å². The normalized spacial score (nSPS) is 11.9. The molecular weight excluding hydrogens is 526 g/mol. The van der Waals surface area contributed by atoms with Crippen molar-refractivity contribution in [1.29, 1.82) is 0 Å². The lowest BCUT2D eigenvalue weighted by Gasteiger charge is -2.32. The zero-order valence-corrected chi connectivity index (χ0v) is 23.4. The Bertz CT molecular complexity index is 1340. The van der Waals surface area contributed by atoms with Gasteiger partial charge in [0.15, 0.2) is 0 Å². The third kappa shape index (κ3) is 7.05. The standard InChI is InChI=1S/C28H32ClN3O5S/c1-5-30-28(34)21(3)31(18-22-8-14-25(37-4)15-9-22)27(33)19-32(24-12-10-23(29)11-13-24)38(35,36)26-16-6-20(2)7-17-26/h6-17,21H,5,18-19H2,1-4H3,(H,30,34)/t21-/m1/s1. The molecule has 10 heteroatoms. The molecule has 0 aliphatic heterocycles. The molecule has 0 saturated carbocycles. The van der Waals surface area contributed by atoms with Gasteiger partial charge in [-0.2, -0.15) is 0 Å². The average Bonchev–Trinajstić information content (AvgIpc) is 2.91. The van der Waals surface area contributed by atoms with E-state index in [-0.39, 0.29) is 23.0 Å². The number of likely N-dealkylation sites (N-methyl/N-ethyl adjacent to an activating group) is 1. The average molecular weight is 558 g/mol. The molecule has 1 atom stereocenters. The molecule has 0 aliphatic rings. The lowest BCUT2D eigenvalue weighted by Crippen LogP contribution is -2.51. The van der Waals surface area contributed by atoms with E-state index >= 15 is 0 Å². The third-order valence-electron chi connectivity index (χ3n) is 6.03. The van der Waals surface area contributed by atoms with Crippen molar-refractivity contribution in [2.24, 2.45) is 0 Å². The highest BCUT2D eigenvalue weighted by atomic mass is 35.5. The maximum absolute atomic E-state index is 13.8. The lowest BCUT2D eigenvalue weighted by atomic mass is 10.1. The summed E-state index contributed by atoms with van der Waals surface area (Å²) in [7, 11) is -2.57. The monoisotopic (exact) mass is 557 g/mol. The van der Waals surface area contributed by atoms with Gasteiger partial charge in [0.2, 0.25) is 11.8 Å². The van der Waals surface area contributed by atoms with Crippen molar-refractivity contribution in [2.75, 3.05) is 24.5 Å². The van der Waals surface area contributed by atoms with Crippen molar-refractivity contribution in [3.8, 4) is 5.75 Å². The van der Waals surface area contributed by atoms with Crippen molar-refractivity contribution in [3.05, 3.63) is 88.9 Å². The number of nitrogens with one attached hydrogen (secondary N) is 1. The molecule has 8 nitrogen and oxygen atoms in total. The Morgan fingerprint density at radius 3 is 2.13 bits per heavy atom. The van der Waals surface area contributed by atoms with E-state index in [9.17, 15) is 18.0 Å². The molecule has 2 amide bonds. The summed E-state index contributed by atoms with van der Waals surface area (Å²) in [5, 5.41) is 3.17. The molecule has 3 aromatic carbocycles. The van der Waals surface area contributed by atoms with Gasteiger partial charge >= 0.3 is 0 Å². The topological polar surface area (TPSA) is 96.0 Å². The Hall–Kier alpha value is -3.56. The second kappa shape index (κ2) is 12.8. The molecule has 0 spiro atoms. The van der Waals surface area contributed by atoms with Gasteiger partial charge in [-0.3, -0.25) is 13.9 Å². The summed E-state index contributed by atoms with van der Waals surface area (Å²) in [6.45, 7) is 5.24. The van der Waals surface area contributed by atoms with E-state index in [1.807, 2.05) is 6.92 Å². The maximum Gasteiger partial charge on any atom is 0.264 e. The first kappa shape index (κ1) is 29.0. The molecule has 0 aliphatic carbocycles. The number of hydrogen-bond acceptors (Lipinski definition) is 5. The molecule has 3 rings (SSSR count). The summed E-state index contributed by atoms with van der Waals surface area (Å²) in [4.78, 5) is 28.0. The second-order valence-corrected chi connectivity index (χ2v) is 11.0. The van der Waals surface area contributed by atoms with Crippen LogP contribution >= 0.6 is 11.6 Å². The highest BCUT2D eigenvalue weighted by Gasteiger charge is 2.32. The van der Waals surface area contributed by atoms with Crippen LogP contribution in [0.2, 0.25) is 5.02 Å². The van der Waals surface area contributed by atoms with Crippen LogP contribution in [0.15, 0.2) is 77.7 Å². The van der Waals surface area contributed by atoms with Crippen LogP contribution in [0.1, 0.15) is 25.0 Å². The highest BCUT2D eigenvalue weighted by molar-refractivity contribution is 7.92. The quantitative estimate of drug-likeness (QED) is 0.377. The fourth-order valence-electron chi connectivity index (χ4n) is 3.81. The molecular formula is C28H32ClN3O5S. The molecule has 0 aromatic heterocycles. The van der Waals surface area contributed by atoms with E-state index in [4.69, 9.17) is 16.3 Å². The number of nitrogens with zero attached hydrogens (tertiary/aromatic N) is 2. The van der Waals surface area contributed by atoms with E-state index in [2.05, 4.69) is 5.32 Å². The molecule has 0 unspecified atom stereocenters. The summed E-state index contributed by atoms with van der Waals surface area (Å²) in [5.74, 6) is -0.222. The highest BCUT2D eigenvalue weighted by Crippen LogP contribution is 2.26. The fourth-order valence-corrected chi connectivity index (χ4v) is 5.35. The maximum atomic E-state index is 13.8. The van der Waals surface area contributed by atoms with Gasteiger partial charge in [-0.15, -0.1) is 0 Å². The molecule has 202 valence electrons. The summed E-state index contributed by atoms with van der Waals surface area (Å²) >= 11 is 6.04. The minimum Gasteiger partial charge on any atom is -0.497 e. The zero-order valence-electron chi connectivity index (χ0n) is 21.8. The number of sulfonamides is 1. The van der Waals surface area contributed by atoms with E-state index in [0.717, 1.165) is 15.4 Å². The largest absolute Gasteiger partial charge is 0.497 e.